The van der Waals surface area contributed by atoms with E-state index in [0.29, 0.717) is 32.7 Å². The minimum Gasteiger partial charge on any atom is -0.480 e. The number of hydrogen-bond donors (Lipinski definition) is 1. The number of ether oxygens (including phenoxy) is 1. The first-order valence-electron chi connectivity index (χ1n) is 6.27. The number of rotatable bonds is 4. The lowest BCUT2D eigenvalue weighted by molar-refractivity contribution is -0.145. The van der Waals surface area contributed by atoms with Gasteiger partial charge in [-0.3, -0.25) is 9.69 Å². The molecule has 1 aliphatic rings. The zero-order valence-electron chi connectivity index (χ0n) is 10.6. The SMILES string of the molecule is Cc1ccccc1C[C@H](C(=O)O)N1CCOCC1. The minimum atomic E-state index is -0.750. The van der Waals surface area contributed by atoms with Crippen LogP contribution in [0.2, 0.25) is 0 Å². The number of carboxylic acids is 1. The first kappa shape index (κ1) is 13.1. The lowest BCUT2D eigenvalue weighted by Crippen LogP contribution is -2.48. The monoisotopic (exact) mass is 249 g/mol. The molecule has 1 N–H and O–H groups in total. The van der Waals surface area contributed by atoms with Crippen LogP contribution in [-0.4, -0.2) is 48.3 Å². The van der Waals surface area contributed by atoms with Crippen LogP contribution in [0.15, 0.2) is 24.3 Å². The van der Waals surface area contributed by atoms with Gasteiger partial charge in [-0.2, -0.15) is 0 Å². The molecule has 4 heteroatoms. The Bertz CT molecular complexity index is 413. The van der Waals surface area contributed by atoms with Crippen LogP contribution in [0.3, 0.4) is 0 Å². The zero-order chi connectivity index (χ0) is 13.0. The second-order valence-electron chi connectivity index (χ2n) is 4.63. The van der Waals surface area contributed by atoms with Crippen LogP contribution in [0.25, 0.3) is 0 Å². The van der Waals surface area contributed by atoms with Crippen molar-refractivity contribution < 1.29 is 14.6 Å². The van der Waals surface area contributed by atoms with Gasteiger partial charge < -0.3 is 9.84 Å². The molecule has 1 fully saturated rings. The lowest BCUT2D eigenvalue weighted by atomic mass is 10.00. The van der Waals surface area contributed by atoms with E-state index in [0.717, 1.165) is 11.1 Å². The predicted molar refractivity (Wildman–Crippen MR) is 68.7 cm³/mol. The van der Waals surface area contributed by atoms with Gasteiger partial charge >= 0.3 is 5.97 Å². The van der Waals surface area contributed by atoms with E-state index in [9.17, 15) is 9.90 Å². The number of aliphatic carboxylic acids is 1. The molecule has 0 aliphatic carbocycles. The number of carboxylic acid groups (broad SMARTS) is 1. The van der Waals surface area contributed by atoms with Crippen LogP contribution in [0.4, 0.5) is 0 Å². The van der Waals surface area contributed by atoms with Gasteiger partial charge in [-0.05, 0) is 24.5 Å². The van der Waals surface area contributed by atoms with Crippen LogP contribution in [0.1, 0.15) is 11.1 Å². The molecule has 0 unspecified atom stereocenters. The van der Waals surface area contributed by atoms with E-state index in [4.69, 9.17) is 4.74 Å². The van der Waals surface area contributed by atoms with E-state index in [1.54, 1.807) is 0 Å². The first-order valence-corrected chi connectivity index (χ1v) is 6.27. The average molecular weight is 249 g/mol. The molecule has 0 radical (unpaired) electrons. The molecule has 1 aromatic carbocycles. The third-order valence-corrected chi connectivity index (χ3v) is 3.45. The standard InChI is InChI=1S/C14H19NO3/c1-11-4-2-3-5-12(11)10-13(14(16)17)15-6-8-18-9-7-15/h2-5,13H,6-10H2,1H3,(H,16,17)/t13-/m1/s1. The van der Waals surface area contributed by atoms with Crippen LogP contribution in [0.5, 0.6) is 0 Å². The summed E-state index contributed by atoms with van der Waals surface area (Å²) in [6.07, 6.45) is 0.558. The van der Waals surface area contributed by atoms with Gasteiger partial charge in [0.05, 0.1) is 13.2 Å². The summed E-state index contributed by atoms with van der Waals surface area (Å²) in [7, 11) is 0. The highest BCUT2D eigenvalue weighted by Gasteiger charge is 2.27. The third-order valence-electron chi connectivity index (χ3n) is 3.45. The Hall–Kier alpha value is -1.39. The second-order valence-corrected chi connectivity index (χ2v) is 4.63. The molecule has 2 rings (SSSR count). The van der Waals surface area contributed by atoms with E-state index in [-0.39, 0.29) is 0 Å². The fourth-order valence-corrected chi connectivity index (χ4v) is 2.31. The number of benzene rings is 1. The molecule has 1 heterocycles. The number of aryl methyl sites for hydroxylation is 1. The van der Waals surface area contributed by atoms with Gasteiger partial charge in [0.15, 0.2) is 0 Å². The first-order chi connectivity index (χ1) is 8.68. The van der Waals surface area contributed by atoms with Crippen molar-refractivity contribution in [1.82, 2.24) is 4.90 Å². The number of carbonyl (C=O) groups is 1. The summed E-state index contributed by atoms with van der Waals surface area (Å²) in [5.74, 6) is -0.750. The summed E-state index contributed by atoms with van der Waals surface area (Å²) in [6, 6.07) is 7.51. The van der Waals surface area contributed by atoms with Crippen LogP contribution in [0, 0.1) is 6.92 Å². The molecular weight excluding hydrogens is 230 g/mol. The van der Waals surface area contributed by atoms with Crippen LogP contribution in [-0.2, 0) is 16.0 Å². The molecule has 4 nitrogen and oxygen atoms in total. The van der Waals surface area contributed by atoms with Crippen molar-refractivity contribution in [2.45, 2.75) is 19.4 Å². The summed E-state index contributed by atoms with van der Waals surface area (Å²) < 4.78 is 5.27. The van der Waals surface area contributed by atoms with Crippen molar-refractivity contribution in [3.05, 3.63) is 35.4 Å². The molecular formula is C14H19NO3. The largest absolute Gasteiger partial charge is 0.480 e. The van der Waals surface area contributed by atoms with Crippen LogP contribution >= 0.6 is 0 Å². The van der Waals surface area contributed by atoms with Gasteiger partial charge in [-0.25, -0.2) is 0 Å². The Balaban J connectivity index is 2.11. The lowest BCUT2D eigenvalue weighted by Gasteiger charge is -2.32. The smallest absolute Gasteiger partial charge is 0.321 e. The molecule has 0 saturated carbocycles. The molecule has 1 aliphatic heterocycles. The average Bonchev–Trinajstić information content (AvgIpc) is 2.38. The fraction of sp³-hybridized carbons (Fsp3) is 0.500. The van der Waals surface area contributed by atoms with Crippen molar-refractivity contribution in [3.8, 4) is 0 Å². The molecule has 1 atom stereocenters. The maximum absolute atomic E-state index is 11.4. The van der Waals surface area contributed by atoms with Crippen LogP contribution < -0.4 is 0 Å². The Labute approximate surface area is 107 Å². The zero-order valence-corrected chi connectivity index (χ0v) is 10.6. The molecule has 0 bridgehead atoms. The topological polar surface area (TPSA) is 49.8 Å². The Kier molecular flexibility index (Phi) is 4.33. The molecule has 0 aromatic heterocycles. The van der Waals surface area contributed by atoms with E-state index in [2.05, 4.69) is 0 Å². The molecule has 1 aromatic rings. The van der Waals surface area contributed by atoms with Crippen molar-refractivity contribution in [1.29, 1.82) is 0 Å². The van der Waals surface area contributed by atoms with Gasteiger partial charge in [0.1, 0.15) is 6.04 Å². The number of hydrogen-bond acceptors (Lipinski definition) is 3. The van der Waals surface area contributed by atoms with Crippen molar-refractivity contribution in [3.63, 3.8) is 0 Å². The normalized spacial score (nSPS) is 18.5. The van der Waals surface area contributed by atoms with Gasteiger partial charge in [-0.15, -0.1) is 0 Å². The van der Waals surface area contributed by atoms with E-state index in [1.807, 2.05) is 36.1 Å². The molecule has 0 amide bonds. The molecule has 1 saturated heterocycles. The summed E-state index contributed by atoms with van der Waals surface area (Å²) in [5, 5.41) is 9.40. The summed E-state index contributed by atoms with van der Waals surface area (Å²) in [5.41, 5.74) is 2.26. The van der Waals surface area contributed by atoms with Crippen molar-refractivity contribution in [2.75, 3.05) is 26.3 Å². The number of nitrogens with zero attached hydrogens (tertiary/aromatic N) is 1. The van der Waals surface area contributed by atoms with Gasteiger partial charge in [0.25, 0.3) is 0 Å². The highest BCUT2D eigenvalue weighted by molar-refractivity contribution is 5.74. The summed E-state index contributed by atoms with van der Waals surface area (Å²) in [4.78, 5) is 13.4. The van der Waals surface area contributed by atoms with Gasteiger partial charge in [0, 0.05) is 13.1 Å². The molecule has 98 valence electrons. The van der Waals surface area contributed by atoms with Crippen molar-refractivity contribution in [2.24, 2.45) is 0 Å². The Morgan fingerprint density at radius 3 is 2.67 bits per heavy atom. The number of morpholine rings is 1. The quantitative estimate of drug-likeness (QED) is 0.874. The van der Waals surface area contributed by atoms with Gasteiger partial charge in [-0.1, -0.05) is 24.3 Å². The molecule has 18 heavy (non-hydrogen) atoms. The maximum Gasteiger partial charge on any atom is 0.321 e. The minimum absolute atomic E-state index is 0.449. The van der Waals surface area contributed by atoms with Crippen molar-refractivity contribution >= 4 is 5.97 Å². The van der Waals surface area contributed by atoms with E-state index < -0.39 is 12.0 Å². The second kappa shape index (κ2) is 5.98. The Morgan fingerprint density at radius 1 is 1.39 bits per heavy atom. The highest BCUT2D eigenvalue weighted by atomic mass is 16.5. The van der Waals surface area contributed by atoms with Gasteiger partial charge in [0.2, 0.25) is 0 Å². The molecule has 0 spiro atoms. The maximum atomic E-state index is 11.4. The fourth-order valence-electron chi connectivity index (χ4n) is 2.31. The predicted octanol–water partition coefficient (Wildman–Crippen LogP) is 1.32. The summed E-state index contributed by atoms with van der Waals surface area (Å²) in [6.45, 7) is 4.66. The summed E-state index contributed by atoms with van der Waals surface area (Å²) >= 11 is 0. The van der Waals surface area contributed by atoms with E-state index in [1.165, 1.54) is 0 Å². The highest BCUT2D eigenvalue weighted by Crippen LogP contribution is 2.14. The van der Waals surface area contributed by atoms with E-state index >= 15 is 0 Å². The third kappa shape index (κ3) is 3.09. The Morgan fingerprint density at radius 2 is 2.06 bits per heavy atom.